The number of pyridine rings is 1. The van der Waals surface area contributed by atoms with Gasteiger partial charge in [-0.1, -0.05) is 24.3 Å². The molecule has 2 aromatic rings. The molecule has 1 N–H and O–H groups in total. The van der Waals surface area contributed by atoms with E-state index in [-0.39, 0.29) is 24.4 Å². The number of halogens is 1. The van der Waals surface area contributed by atoms with E-state index in [1.807, 2.05) is 6.07 Å². The van der Waals surface area contributed by atoms with Crippen molar-refractivity contribution in [1.82, 2.24) is 4.98 Å². The van der Waals surface area contributed by atoms with Gasteiger partial charge in [-0.2, -0.15) is 0 Å². The van der Waals surface area contributed by atoms with Crippen molar-refractivity contribution in [3.8, 4) is 0 Å². The van der Waals surface area contributed by atoms with Crippen LogP contribution >= 0.6 is 0 Å². The van der Waals surface area contributed by atoms with Crippen LogP contribution in [0.25, 0.3) is 0 Å². The van der Waals surface area contributed by atoms with Crippen LogP contribution in [0.3, 0.4) is 0 Å². The summed E-state index contributed by atoms with van der Waals surface area (Å²) < 4.78 is 13.7. The molecule has 0 bridgehead atoms. The maximum atomic E-state index is 13.7. The number of nitrogens with zero attached hydrogens (tertiary/aromatic N) is 1. The smallest absolute Gasteiger partial charge is 0.143 e. The summed E-state index contributed by atoms with van der Waals surface area (Å²) in [6.07, 6.45) is 4.16. The minimum atomic E-state index is -0.798. The Hall–Kier alpha value is -2.07. The Kier molecular flexibility index (Phi) is 4.96. The van der Waals surface area contributed by atoms with Gasteiger partial charge >= 0.3 is 0 Å². The molecular weight excluding hydrogens is 257 g/mol. The lowest BCUT2D eigenvalue weighted by molar-refractivity contribution is -0.121. The maximum absolute atomic E-state index is 13.7. The minimum Gasteiger partial charge on any atom is -0.395 e. The second-order valence-electron chi connectivity index (χ2n) is 4.58. The first-order chi connectivity index (χ1) is 9.72. The molecule has 0 aliphatic carbocycles. The number of benzene rings is 1. The van der Waals surface area contributed by atoms with Crippen LogP contribution in [0, 0.1) is 5.82 Å². The number of carbonyl (C=O) groups excluding carboxylic acids is 1. The summed E-state index contributed by atoms with van der Waals surface area (Å²) in [5.74, 6) is -1.42. The number of rotatable bonds is 6. The Morgan fingerprint density at radius 3 is 2.70 bits per heavy atom. The molecule has 0 radical (unpaired) electrons. The van der Waals surface area contributed by atoms with E-state index in [1.54, 1.807) is 30.6 Å². The largest absolute Gasteiger partial charge is 0.395 e. The average molecular weight is 273 g/mol. The van der Waals surface area contributed by atoms with Gasteiger partial charge in [-0.05, 0) is 24.1 Å². The highest BCUT2D eigenvalue weighted by Crippen LogP contribution is 2.21. The monoisotopic (exact) mass is 273 g/mol. The van der Waals surface area contributed by atoms with Crippen LogP contribution in [0.4, 0.5) is 4.39 Å². The normalized spacial score (nSPS) is 12.1. The molecule has 0 saturated heterocycles. The first kappa shape index (κ1) is 14.3. The number of hydrogen-bond donors (Lipinski definition) is 1. The average Bonchev–Trinajstić information content (AvgIpc) is 2.49. The van der Waals surface area contributed by atoms with Gasteiger partial charge in [0.2, 0.25) is 0 Å². The standard InChI is InChI=1S/C16H16FNO2/c17-15-6-2-1-5-13(15)14(11-19)16(20)8-7-12-4-3-9-18-10-12/h1-6,9-10,14,19H,7-8,11H2/t14-/m0/s1. The summed E-state index contributed by atoms with van der Waals surface area (Å²) >= 11 is 0. The van der Waals surface area contributed by atoms with E-state index in [9.17, 15) is 14.3 Å². The van der Waals surface area contributed by atoms with Crippen LogP contribution in [0.2, 0.25) is 0 Å². The van der Waals surface area contributed by atoms with Crippen LogP contribution in [0.5, 0.6) is 0 Å². The second kappa shape index (κ2) is 6.91. The Balaban J connectivity index is 2.05. The Morgan fingerprint density at radius 2 is 2.05 bits per heavy atom. The molecule has 104 valence electrons. The summed E-state index contributed by atoms with van der Waals surface area (Å²) in [6, 6.07) is 9.75. The molecular formula is C16H16FNO2. The van der Waals surface area contributed by atoms with Gasteiger partial charge in [-0.15, -0.1) is 0 Å². The third-order valence-electron chi connectivity index (χ3n) is 3.23. The summed E-state index contributed by atoms with van der Waals surface area (Å²) in [7, 11) is 0. The number of aliphatic hydroxyl groups excluding tert-OH is 1. The SMILES string of the molecule is O=C(CCc1cccnc1)[C@@H](CO)c1ccccc1F. The highest BCUT2D eigenvalue weighted by Gasteiger charge is 2.22. The molecule has 2 rings (SSSR count). The molecule has 0 unspecified atom stereocenters. The van der Waals surface area contributed by atoms with Crippen molar-refractivity contribution in [3.63, 3.8) is 0 Å². The first-order valence-electron chi connectivity index (χ1n) is 6.49. The third-order valence-corrected chi connectivity index (χ3v) is 3.23. The maximum Gasteiger partial charge on any atom is 0.143 e. The van der Waals surface area contributed by atoms with E-state index in [4.69, 9.17) is 0 Å². The molecule has 1 atom stereocenters. The molecule has 20 heavy (non-hydrogen) atoms. The Morgan fingerprint density at radius 1 is 1.25 bits per heavy atom. The lowest BCUT2D eigenvalue weighted by Crippen LogP contribution is -2.18. The molecule has 4 heteroatoms. The van der Waals surface area contributed by atoms with E-state index < -0.39 is 11.7 Å². The van der Waals surface area contributed by atoms with Crippen LogP contribution in [-0.4, -0.2) is 22.5 Å². The van der Waals surface area contributed by atoms with Gasteiger partial charge in [-0.3, -0.25) is 9.78 Å². The Labute approximate surface area is 117 Å². The molecule has 0 spiro atoms. The van der Waals surface area contributed by atoms with Gasteiger partial charge in [0, 0.05) is 24.4 Å². The van der Waals surface area contributed by atoms with Crippen LogP contribution in [0.15, 0.2) is 48.8 Å². The third kappa shape index (κ3) is 3.48. The van der Waals surface area contributed by atoms with E-state index >= 15 is 0 Å². The van der Waals surface area contributed by atoms with Gasteiger partial charge in [0.05, 0.1) is 12.5 Å². The molecule has 1 heterocycles. The van der Waals surface area contributed by atoms with Gasteiger partial charge in [0.1, 0.15) is 11.6 Å². The van der Waals surface area contributed by atoms with Crippen LogP contribution in [0.1, 0.15) is 23.5 Å². The van der Waals surface area contributed by atoms with Crippen molar-refractivity contribution in [2.45, 2.75) is 18.8 Å². The predicted octanol–water partition coefficient (Wildman–Crippen LogP) is 2.50. The van der Waals surface area contributed by atoms with Crippen LogP contribution < -0.4 is 0 Å². The second-order valence-corrected chi connectivity index (χ2v) is 4.58. The van der Waals surface area contributed by atoms with Crippen molar-refractivity contribution in [2.24, 2.45) is 0 Å². The summed E-state index contributed by atoms with van der Waals surface area (Å²) in [5, 5.41) is 9.37. The zero-order chi connectivity index (χ0) is 14.4. The zero-order valence-corrected chi connectivity index (χ0v) is 11.0. The molecule has 0 aliphatic heterocycles. The zero-order valence-electron chi connectivity index (χ0n) is 11.0. The molecule has 0 saturated carbocycles. The molecule has 0 amide bonds. The predicted molar refractivity (Wildman–Crippen MR) is 73.8 cm³/mol. The Bertz CT molecular complexity index is 572. The fraction of sp³-hybridized carbons (Fsp3) is 0.250. The minimum absolute atomic E-state index is 0.165. The van der Waals surface area contributed by atoms with E-state index in [0.29, 0.717) is 6.42 Å². The molecule has 3 nitrogen and oxygen atoms in total. The topological polar surface area (TPSA) is 50.2 Å². The van der Waals surface area contributed by atoms with E-state index in [2.05, 4.69) is 4.98 Å². The highest BCUT2D eigenvalue weighted by molar-refractivity contribution is 5.86. The number of ketones is 1. The van der Waals surface area contributed by atoms with E-state index in [0.717, 1.165) is 5.56 Å². The summed E-state index contributed by atoms with van der Waals surface area (Å²) in [4.78, 5) is 16.1. The molecule has 1 aromatic heterocycles. The molecule has 1 aromatic carbocycles. The lowest BCUT2D eigenvalue weighted by Gasteiger charge is -2.14. The first-order valence-corrected chi connectivity index (χ1v) is 6.49. The quantitative estimate of drug-likeness (QED) is 0.879. The molecule has 0 fully saturated rings. The number of aromatic nitrogens is 1. The number of aryl methyl sites for hydroxylation is 1. The van der Waals surface area contributed by atoms with Crippen molar-refractivity contribution in [2.75, 3.05) is 6.61 Å². The van der Waals surface area contributed by atoms with Gasteiger partial charge in [-0.25, -0.2) is 4.39 Å². The summed E-state index contributed by atoms with van der Waals surface area (Å²) in [6.45, 7) is -0.382. The van der Waals surface area contributed by atoms with Gasteiger partial charge < -0.3 is 5.11 Å². The lowest BCUT2D eigenvalue weighted by atomic mass is 9.92. The van der Waals surface area contributed by atoms with Crippen molar-refractivity contribution < 1.29 is 14.3 Å². The number of Topliss-reactive ketones (excluding diaryl/α,β-unsaturated/α-hetero) is 1. The molecule has 0 aliphatic rings. The highest BCUT2D eigenvalue weighted by atomic mass is 19.1. The number of aliphatic hydroxyl groups is 1. The fourth-order valence-corrected chi connectivity index (χ4v) is 2.12. The number of carbonyl (C=O) groups is 1. The fourth-order valence-electron chi connectivity index (χ4n) is 2.12. The van der Waals surface area contributed by atoms with Crippen molar-refractivity contribution >= 4 is 5.78 Å². The number of hydrogen-bond acceptors (Lipinski definition) is 3. The van der Waals surface area contributed by atoms with Crippen molar-refractivity contribution in [3.05, 3.63) is 65.7 Å². The van der Waals surface area contributed by atoms with Crippen molar-refractivity contribution in [1.29, 1.82) is 0 Å². The van der Waals surface area contributed by atoms with Gasteiger partial charge in [0.15, 0.2) is 0 Å². The van der Waals surface area contributed by atoms with Gasteiger partial charge in [0.25, 0.3) is 0 Å². The van der Waals surface area contributed by atoms with Crippen LogP contribution in [-0.2, 0) is 11.2 Å². The van der Waals surface area contributed by atoms with E-state index in [1.165, 1.54) is 12.1 Å². The summed E-state index contributed by atoms with van der Waals surface area (Å²) in [5.41, 5.74) is 1.21.